The molecule has 3 heterocycles. The van der Waals surface area contributed by atoms with E-state index < -0.39 is 0 Å². The zero-order chi connectivity index (χ0) is 20.8. The molecule has 0 unspecified atom stereocenters. The first kappa shape index (κ1) is 20.3. The van der Waals surface area contributed by atoms with Crippen LogP contribution in [0.4, 0.5) is 17.3 Å². The maximum absolute atomic E-state index is 12.4. The van der Waals surface area contributed by atoms with Gasteiger partial charge in [-0.2, -0.15) is 0 Å². The summed E-state index contributed by atoms with van der Waals surface area (Å²) < 4.78 is 10.7. The zero-order valence-corrected chi connectivity index (χ0v) is 17.4. The molecule has 0 spiro atoms. The predicted molar refractivity (Wildman–Crippen MR) is 116 cm³/mol. The van der Waals surface area contributed by atoms with Gasteiger partial charge in [-0.1, -0.05) is 6.92 Å². The first-order chi connectivity index (χ1) is 14.7. The summed E-state index contributed by atoms with van der Waals surface area (Å²) in [4.78, 5) is 23.5. The van der Waals surface area contributed by atoms with Crippen molar-refractivity contribution in [2.45, 2.75) is 39.0 Å². The van der Waals surface area contributed by atoms with Gasteiger partial charge in [-0.15, -0.1) is 0 Å². The third kappa shape index (κ3) is 5.11. The molecule has 0 radical (unpaired) electrons. The van der Waals surface area contributed by atoms with Crippen LogP contribution in [0.1, 0.15) is 39.0 Å². The Kier molecular flexibility index (Phi) is 6.51. The highest BCUT2D eigenvalue weighted by Gasteiger charge is 2.22. The number of rotatable bonds is 8. The Morgan fingerprint density at radius 3 is 3.03 bits per heavy atom. The monoisotopic (exact) mass is 411 g/mol. The van der Waals surface area contributed by atoms with Gasteiger partial charge in [0.15, 0.2) is 11.5 Å². The lowest BCUT2D eigenvalue weighted by Gasteiger charge is -2.33. The summed E-state index contributed by atoms with van der Waals surface area (Å²) in [5.74, 6) is 3.72. The summed E-state index contributed by atoms with van der Waals surface area (Å²) in [6, 6.07) is 7.49. The Morgan fingerprint density at radius 2 is 2.13 bits per heavy atom. The van der Waals surface area contributed by atoms with Crippen molar-refractivity contribution >= 4 is 23.2 Å². The minimum Gasteiger partial charge on any atom is -0.454 e. The van der Waals surface area contributed by atoms with Crippen LogP contribution >= 0.6 is 0 Å². The normalized spacial score (nSPS) is 17.6. The summed E-state index contributed by atoms with van der Waals surface area (Å²) in [5.41, 5.74) is 0.739. The second-order valence-electron chi connectivity index (χ2n) is 7.80. The molecule has 160 valence electrons. The van der Waals surface area contributed by atoms with Crippen molar-refractivity contribution in [2.75, 3.05) is 42.0 Å². The van der Waals surface area contributed by atoms with E-state index in [1.54, 1.807) is 6.33 Å². The second-order valence-corrected chi connectivity index (χ2v) is 7.80. The van der Waals surface area contributed by atoms with Crippen LogP contribution in [0.15, 0.2) is 30.6 Å². The van der Waals surface area contributed by atoms with E-state index in [1.807, 2.05) is 24.3 Å². The SMILES string of the molecule is CCCNc1cc(N2CCC[C@H](CCC(=O)Nc3ccc4c(c3)OCO4)C2)ncn1. The lowest BCUT2D eigenvalue weighted by atomic mass is 9.93. The number of carbonyl (C=O) groups excluding carboxylic acids is 1. The Balaban J connectivity index is 1.27. The van der Waals surface area contributed by atoms with E-state index in [0.29, 0.717) is 23.8 Å². The van der Waals surface area contributed by atoms with E-state index in [1.165, 1.54) is 0 Å². The van der Waals surface area contributed by atoms with Gasteiger partial charge in [0.25, 0.3) is 0 Å². The smallest absolute Gasteiger partial charge is 0.231 e. The van der Waals surface area contributed by atoms with E-state index in [9.17, 15) is 4.79 Å². The summed E-state index contributed by atoms with van der Waals surface area (Å²) in [6.07, 6.45) is 6.28. The van der Waals surface area contributed by atoms with Crippen LogP contribution in [-0.2, 0) is 4.79 Å². The van der Waals surface area contributed by atoms with Crippen LogP contribution in [0, 0.1) is 5.92 Å². The van der Waals surface area contributed by atoms with Gasteiger partial charge in [-0.25, -0.2) is 9.97 Å². The number of nitrogens with one attached hydrogen (secondary N) is 2. The van der Waals surface area contributed by atoms with E-state index >= 15 is 0 Å². The molecule has 1 saturated heterocycles. The zero-order valence-electron chi connectivity index (χ0n) is 17.4. The molecular formula is C22H29N5O3. The molecule has 0 saturated carbocycles. The van der Waals surface area contributed by atoms with Crippen LogP contribution in [0.3, 0.4) is 0 Å². The lowest BCUT2D eigenvalue weighted by Crippen LogP contribution is -2.36. The molecule has 1 amide bonds. The number of benzene rings is 1. The highest BCUT2D eigenvalue weighted by molar-refractivity contribution is 5.91. The van der Waals surface area contributed by atoms with Gasteiger partial charge in [0.1, 0.15) is 18.0 Å². The molecule has 2 aromatic rings. The third-order valence-corrected chi connectivity index (χ3v) is 5.49. The highest BCUT2D eigenvalue weighted by Crippen LogP contribution is 2.34. The third-order valence-electron chi connectivity index (χ3n) is 5.49. The Labute approximate surface area is 177 Å². The number of aromatic nitrogens is 2. The van der Waals surface area contributed by atoms with Gasteiger partial charge in [-0.3, -0.25) is 4.79 Å². The molecule has 4 rings (SSSR count). The Morgan fingerprint density at radius 1 is 1.23 bits per heavy atom. The van der Waals surface area contributed by atoms with Gasteiger partial charge >= 0.3 is 0 Å². The van der Waals surface area contributed by atoms with Crippen LogP contribution in [0.2, 0.25) is 0 Å². The highest BCUT2D eigenvalue weighted by atomic mass is 16.7. The predicted octanol–water partition coefficient (Wildman–Crippen LogP) is 3.66. The van der Waals surface area contributed by atoms with Crippen molar-refractivity contribution in [1.29, 1.82) is 0 Å². The minimum absolute atomic E-state index is 0.0269. The molecule has 2 aliphatic heterocycles. The molecule has 1 aromatic heterocycles. The minimum atomic E-state index is 0.0269. The number of carbonyl (C=O) groups is 1. The Bertz CT molecular complexity index is 876. The fraction of sp³-hybridized carbons (Fsp3) is 0.500. The molecule has 0 bridgehead atoms. The maximum atomic E-state index is 12.4. The summed E-state index contributed by atoms with van der Waals surface area (Å²) in [6.45, 7) is 5.17. The number of hydrogen-bond donors (Lipinski definition) is 2. The quantitative estimate of drug-likeness (QED) is 0.685. The fourth-order valence-electron chi connectivity index (χ4n) is 3.91. The summed E-state index contributed by atoms with van der Waals surface area (Å²) in [5, 5.41) is 6.28. The molecule has 0 aliphatic carbocycles. The standard InChI is InChI=1S/C22H29N5O3/c1-2-9-23-20-12-21(25-14-24-20)27-10-3-4-16(13-27)5-8-22(28)26-17-6-7-18-19(11-17)30-15-29-18/h6-7,11-12,14,16H,2-5,8-10,13,15H2,1H3,(H,26,28)(H,23,24,25)/t16-/m1/s1. The van der Waals surface area contributed by atoms with Crippen molar-refractivity contribution in [3.63, 3.8) is 0 Å². The fourth-order valence-corrected chi connectivity index (χ4v) is 3.91. The van der Waals surface area contributed by atoms with Crippen molar-refractivity contribution in [3.8, 4) is 11.5 Å². The van der Waals surface area contributed by atoms with Crippen molar-refractivity contribution in [3.05, 3.63) is 30.6 Å². The van der Waals surface area contributed by atoms with Gasteiger partial charge in [-0.05, 0) is 43.7 Å². The molecule has 1 atom stereocenters. The maximum Gasteiger partial charge on any atom is 0.231 e. The first-order valence-corrected chi connectivity index (χ1v) is 10.7. The van der Waals surface area contributed by atoms with Gasteiger partial charge in [0.2, 0.25) is 12.7 Å². The number of hydrogen-bond acceptors (Lipinski definition) is 7. The molecule has 1 fully saturated rings. The van der Waals surface area contributed by atoms with Crippen molar-refractivity contribution in [2.24, 2.45) is 5.92 Å². The molecule has 2 aliphatic rings. The van der Waals surface area contributed by atoms with Crippen molar-refractivity contribution < 1.29 is 14.3 Å². The van der Waals surface area contributed by atoms with Gasteiger partial charge in [0, 0.05) is 43.9 Å². The largest absolute Gasteiger partial charge is 0.454 e. The van der Waals surface area contributed by atoms with E-state index in [-0.39, 0.29) is 12.7 Å². The van der Waals surface area contributed by atoms with Crippen LogP contribution in [0.25, 0.3) is 0 Å². The topological polar surface area (TPSA) is 88.6 Å². The molecule has 2 N–H and O–H groups in total. The number of piperidine rings is 1. The van der Waals surface area contributed by atoms with Crippen LogP contribution in [-0.4, -0.2) is 42.3 Å². The number of nitrogens with zero attached hydrogens (tertiary/aromatic N) is 3. The summed E-state index contributed by atoms with van der Waals surface area (Å²) >= 11 is 0. The average Bonchev–Trinajstić information content (AvgIpc) is 3.25. The number of ether oxygens (including phenoxy) is 2. The molecule has 8 heteroatoms. The average molecular weight is 412 g/mol. The Hall–Kier alpha value is -3.03. The summed E-state index contributed by atoms with van der Waals surface area (Å²) in [7, 11) is 0. The molecule has 8 nitrogen and oxygen atoms in total. The van der Waals surface area contributed by atoms with Gasteiger partial charge in [0.05, 0.1) is 0 Å². The number of amides is 1. The van der Waals surface area contributed by atoms with E-state index in [0.717, 1.165) is 62.6 Å². The number of fused-ring (bicyclic) bond motifs is 1. The van der Waals surface area contributed by atoms with Crippen molar-refractivity contribution in [1.82, 2.24) is 9.97 Å². The molecule has 30 heavy (non-hydrogen) atoms. The van der Waals surface area contributed by atoms with Crippen LogP contribution < -0.4 is 25.0 Å². The van der Waals surface area contributed by atoms with Crippen LogP contribution in [0.5, 0.6) is 11.5 Å². The second kappa shape index (κ2) is 9.65. The molecule has 1 aromatic carbocycles. The van der Waals surface area contributed by atoms with Gasteiger partial charge < -0.3 is 25.0 Å². The lowest BCUT2D eigenvalue weighted by molar-refractivity contribution is -0.116. The van der Waals surface area contributed by atoms with E-state index in [2.05, 4.69) is 32.4 Å². The number of anilines is 3. The first-order valence-electron chi connectivity index (χ1n) is 10.7. The molecular weight excluding hydrogens is 382 g/mol. The van der Waals surface area contributed by atoms with E-state index in [4.69, 9.17) is 9.47 Å².